The molecule has 1 fully saturated rings. The Hall–Kier alpha value is -2.77. The smallest absolute Gasteiger partial charge is 0.277 e. The molecule has 0 radical (unpaired) electrons. The summed E-state index contributed by atoms with van der Waals surface area (Å²) in [5.74, 6) is 0.409. The number of aryl methyl sites for hydroxylation is 1. The monoisotopic (exact) mass is 357 g/mol. The second kappa shape index (κ2) is 8.07. The third kappa shape index (κ3) is 4.25. The predicted octanol–water partition coefficient (Wildman–Crippen LogP) is 0.556. The topological polar surface area (TPSA) is 97.2 Å². The summed E-state index contributed by atoms with van der Waals surface area (Å²) in [6, 6.07) is 7.04. The zero-order chi connectivity index (χ0) is 18.5. The van der Waals surface area contributed by atoms with E-state index in [1.54, 1.807) is 24.3 Å². The van der Waals surface area contributed by atoms with Gasteiger partial charge in [-0.3, -0.25) is 14.4 Å². The molecule has 0 aliphatic carbocycles. The lowest BCUT2D eigenvalue weighted by Gasteiger charge is -2.32. The van der Waals surface area contributed by atoms with Gasteiger partial charge in [-0.25, -0.2) is 4.68 Å². The number of aromatic nitrogens is 3. The number of piperidine rings is 1. The van der Waals surface area contributed by atoms with Crippen LogP contribution in [0.5, 0.6) is 0 Å². The first-order chi connectivity index (χ1) is 12.5. The molecule has 2 amide bonds. The Balaban J connectivity index is 1.53. The fraction of sp³-hybridized carbons (Fsp3) is 0.500. The highest BCUT2D eigenvalue weighted by Gasteiger charge is 2.22. The van der Waals surface area contributed by atoms with Crippen molar-refractivity contribution in [1.29, 1.82) is 0 Å². The van der Waals surface area contributed by atoms with Crippen LogP contribution in [0.25, 0.3) is 10.9 Å². The molecule has 8 heteroatoms. The van der Waals surface area contributed by atoms with Gasteiger partial charge < -0.3 is 10.2 Å². The van der Waals surface area contributed by atoms with Crippen molar-refractivity contribution in [3.05, 3.63) is 34.6 Å². The normalized spacial score (nSPS) is 15.2. The maximum absolute atomic E-state index is 12.4. The molecule has 26 heavy (non-hydrogen) atoms. The van der Waals surface area contributed by atoms with Gasteiger partial charge in [0.2, 0.25) is 11.8 Å². The summed E-state index contributed by atoms with van der Waals surface area (Å²) < 4.78 is 1.25. The molecule has 3 rings (SSSR count). The summed E-state index contributed by atoms with van der Waals surface area (Å²) in [5.41, 5.74) is 0.332. The highest BCUT2D eigenvalue weighted by Crippen LogP contribution is 2.17. The third-order valence-corrected chi connectivity index (χ3v) is 4.77. The number of nitrogens with one attached hydrogen (secondary N) is 1. The minimum absolute atomic E-state index is 0.0184. The molecule has 0 unspecified atom stereocenters. The molecule has 1 aliphatic heterocycles. The zero-order valence-electron chi connectivity index (χ0n) is 14.9. The largest absolute Gasteiger partial charge is 0.356 e. The van der Waals surface area contributed by atoms with Gasteiger partial charge in [0, 0.05) is 33.0 Å². The van der Waals surface area contributed by atoms with E-state index in [1.807, 2.05) is 4.90 Å². The fourth-order valence-corrected chi connectivity index (χ4v) is 3.20. The molecule has 8 nitrogen and oxygen atoms in total. The Bertz CT molecular complexity index is 855. The van der Waals surface area contributed by atoms with Crippen molar-refractivity contribution in [3.63, 3.8) is 0 Å². The van der Waals surface area contributed by atoms with Crippen molar-refractivity contribution in [3.8, 4) is 0 Å². The number of carbonyl (C=O) groups excluding carboxylic acids is 2. The summed E-state index contributed by atoms with van der Waals surface area (Å²) in [6.45, 7) is 3.76. The molecular weight excluding hydrogens is 334 g/mol. The number of benzene rings is 1. The molecule has 0 saturated carbocycles. The molecule has 0 spiro atoms. The van der Waals surface area contributed by atoms with Crippen LogP contribution in [0.3, 0.4) is 0 Å². The third-order valence-electron chi connectivity index (χ3n) is 4.77. The number of amides is 2. The van der Waals surface area contributed by atoms with Crippen LogP contribution in [-0.4, -0.2) is 51.3 Å². The number of carbonyl (C=O) groups is 2. The fourth-order valence-electron chi connectivity index (χ4n) is 3.20. The molecule has 0 atom stereocenters. The second-order valence-electron chi connectivity index (χ2n) is 6.65. The molecular formula is C18H23N5O3. The van der Waals surface area contributed by atoms with Gasteiger partial charge >= 0.3 is 0 Å². The minimum atomic E-state index is -0.225. The van der Waals surface area contributed by atoms with Crippen molar-refractivity contribution in [2.24, 2.45) is 5.92 Å². The van der Waals surface area contributed by atoms with Gasteiger partial charge in [0.05, 0.1) is 11.9 Å². The van der Waals surface area contributed by atoms with E-state index in [0.29, 0.717) is 36.5 Å². The van der Waals surface area contributed by atoms with E-state index in [4.69, 9.17) is 0 Å². The van der Waals surface area contributed by atoms with E-state index >= 15 is 0 Å². The Labute approximate surface area is 151 Å². The summed E-state index contributed by atoms with van der Waals surface area (Å²) in [4.78, 5) is 37.6. The van der Waals surface area contributed by atoms with Crippen LogP contribution in [-0.2, 0) is 16.1 Å². The van der Waals surface area contributed by atoms with Gasteiger partial charge in [-0.2, -0.15) is 0 Å². The molecule has 1 saturated heterocycles. The lowest BCUT2D eigenvalue weighted by Crippen LogP contribution is -2.41. The molecule has 1 aromatic carbocycles. The summed E-state index contributed by atoms with van der Waals surface area (Å²) >= 11 is 0. The van der Waals surface area contributed by atoms with E-state index in [9.17, 15) is 14.4 Å². The maximum atomic E-state index is 12.4. The van der Waals surface area contributed by atoms with Gasteiger partial charge in [-0.05, 0) is 30.9 Å². The van der Waals surface area contributed by atoms with Crippen molar-refractivity contribution in [2.45, 2.75) is 32.7 Å². The lowest BCUT2D eigenvalue weighted by molar-refractivity contribution is -0.133. The Kier molecular flexibility index (Phi) is 5.60. The lowest BCUT2D eigenvalue weighted by atomic mass is 9.96. The van der Waals surface area contributed by atoms with Crippen LogP contribution in [0.2, 0.25) is 0 Å². The first kappa shape index (κ1) is 18.0. The molecule has 1 N–H and O–H groups in total. The van der Waals surface area contributed by atoms with Crippen molar-refractivity contribution in [2.75, 3.05) is 19.6 Å². The van der Waals surface area contributed by atoms with Gasteiger partial charge in [-0.1, -0.05) is 17.3 Å². The van der Waals surface area contributed by atoms with Gasteiger partial charge in [0.1, 0.15) is 5.52 Å². The van der Waals surface area contributed by atoms with Gasteiger partial charge in [0.15, 0.2) is 0 Å². The van der Waals surface area contributed by atoms with Crippen molar-refractivity contribution in [1.82, 2.24) is 25.2 Å². The van der Waals surface area contributed by atoms with Crippen LogP contribution in [0.15, 0.2) is 29.1 Å². The quantitative estimate of drug-likeness (QED) is 0.843. The molecule has 1 aromatic heterocycles. The first-order valence-electron chi connectivity index (χ1n) is 8.89. The Morgan fingerprint density at radius 3 is 2.69 bits per heavy atom. The summed E-state index contributed by atoms with van der Waals surface area (Å²) in [6.07, 6.45) is 1.98. The predicted molar refractivity (Wildman–Crippen MR) is 96.4 cm³/mol. The molecule has 0 bridgehead atoms. The number of rotatable bonds is 5. The van der Waals surface area contributed by atoms with E-state index in [0.717, 1.165) is 12.8 Å². The van der Waals surface area contributed by atoms with Gasteiger partial charge in [0.25, 0.3) is 5.56 Å². The van der Waals surface area contributed by atoms with Crippen LogP contribution in [0.4, 0.5) is 0 Å². The van der Waals surface area contributed by atoms with Crippen LogP contribution >= 0.6 is 0 Å². The van der Waals surface area contributed by atoms with E-state index < -0.39 is 0 Å². The highest BCUT2D eigenvalue weighted by atomic mass is 16.2. The Morgan fingerprint density at radius 2 is 1.96 bits per heavy atom. The van der Waals surface area contributed by atoms with Crippen molar-refractivity contribution < 1.29 is 9.59 Å². The standard InChI is InChI=1S/C18H23N5O3/c1-13(24)19-12-14-6-9-22(10-7-14)17(25)8-11-23-18(26)15-4-2-3-5-16(15)20-21-23/h2-5,14H,6-12H2,1H3,(H,19,24). The summed E-state index contributed by atoms with van der Waals surface area (Å²) in [7, 11) is 0. The van der Waals surface area contributed by atoms with E-state index in [2.05, 4.69) is 15.6 Å². The van der Waals surface area contributed by atoms with Gasteiger partial charge in [-0.15, -0.1) is 5.10 Å². The number of likely N-dealkylation sites (tertiary alicyclic amines) is 1. The van der Waals surface area contributed by atoms with E-state index in [-0.39, 0.29) is 30.3 Å². The summed E-state index contributed by atoms with van der Waals surface area (Å²) in [5, 5.41) is 11.3. The second-order valence-corrected chi connectivity index (χ2v) is 6.65. The maximum Gasteiger partial charge on any atom is 0.277 e. The average molecular weight is 357 g/mol. The van der Waals surface area contributed by atoms with Crippen LogP contribution in [0, 0.1) is 5.92 Å². The minimum Gasteiger partial charge on any atom is -0.356 e. The SMILES string of the molecule is CC(=O)NCC1CCN(C(=O)CCn2nnc3ccccc3c2=O)CC1. The van der Waals surface area contributed by atoms with Crippen LogP contribution < -0.4 is 10.9 Å². The molecule has 138 valence electrons. The Morgan fingerprint density at radius 1 is 1.23 bits per heavy atom. The number of nitrogens with zero attached hydrogens (tertiary/aromatic N) is 4. The first-order valence-corrected chi connectivity index (χ1v) is 8.89. The zero-order valence-corrected chi connectivity index (χ0v) is 14.9. The van der Waals surface area contributed by atoms with Crippen molar-refractivity contribution >= 4 is 22.7 Å². The molecule has 1 aliphatic rings. The molecule has 2 heterocycles. The number of fused-ring (bicyclic) bond motifs is 1. The number of hydrogen-bond acceptors (Lipinski definition) is 5. The average Bonchev–Trinajstić information content (AvgIpc) is 2.66. The van der Waals surface area contributed by atoms with E-state index in [1.165, 1.54) is 11.6 Å². The highest BCUT2D eigenvalue weighted by molar-refractivity contribution is 5.77. The molecule has 2 aromatic rings. The number of hydrogen-bond donors (Lipinski definition) is 1. The van der Waals surface area contributed by atoms with Crippen LogP contribution in [0.1, 0.15) is 26.2 Å².